The minimum atomic E-state index is -0.699. The van der Waals surface area contributed by atoms with Crippen molar-refractivity contribution in [1.82, 2.24) is 14.9 Å². The van der Waals surface area contributed by atoms with Gasteiger partial charge in [-0.2, -0.15) is 0 Å². The van der Waals surface area contributed by atoms with Gasteiger partial charge in [0.25, 0.3) is 5.91 Å². The van der Waals surface area contributed by atoms with Crippen molar-refractivity contribution in [3.63, 3.8) is 0 Å². The summed E-state index contributed by atoms with van der Waals surface area (Å²) in [6.45, 7) is 7.22. The molecule has 2 amide bonds. The van der Waals surface area contributed by atoms with E-state index in [1.54, 1.807) is 27.7 Å². The lowest BCUT2D eigenvalue weighted by molar-refractivity contribution is -0.134. The zero-order valence-electron chi connectivity index (χ0n) is 18.7. The van der Waals surface area contributed by atoms with Crippen molar-refractivity contribution in [2.24, 2.45) is 0 Å². The molecule has 170 valence electrons. The van der Waals surface area contributed by atoms with Crippen molar-refractivity contribution in [1.29, 1.82) is 0 Å². The number of imide groups is 1. The minimum absolute atomic E-state index is 0.0718. The van der Waals surface area contributed by atoms with Crippen LogP contribution in [0.4, 0.5) is 10.6 Å². The van der Waals surface area contributed by atoms with E-state index >= 15 is 0 Å². The van der Waals surface area contributed by atoms with E-state index in [-0.39, 0.29) is 36.7 Å². The zero-order valence-corrected chi connectivity index (χ0v) is 19.5. The van der Waals surface area contributed by atoms with Gasteiger partial charge in [-0.1, -0.05) is 24.6 Å². The summed E-state index contributed by atoms with van der Waals surface area (Å²) in [7, 11) is 0. The number of nitrogens with zero attached hydrogens (tertiary/aromatic N) is 4. The Morgan fingerprint density at radius 2 is 1.90 bits per heavy atom. The molecule has 1 saturated heterocycles. The number of esters is 1. The third kappa shape index (κ3) is 5.11. The summed E-state index contributed by atoms with van der Waals surface area (Å²) in [6.07, 6.45) is 6.01. The Labute approximate surface area is 186 Å². The van der Waals surface area contributed by atoms with Crippen LogP contribution in [0, 0.1) is 0 Å². The van der Waals surface area contributed by atoms with Gasteiger partial charge in [0.15, 0.2) is 5.16 Å². The van der Waals surface area contributed by atoms with Crippen LogP contribution in [0.1, 0.15) is 63.7 Å². The summed E-state index contributed by atoms with van der Waals surface area (Å²) in [6, 6.07) is -0.496. The van der Waals surface area contributed by atoms with E-state index in [4.69, 9.17) is 9.47 Å². The number of amides is 2. The van der Waals surface area contributed by atoms with Gasteiger partial charge >= 0.3 is 12.1 Å². The lowest BCUT2D eigenvalue weighted by Crippen LogP contribution is -2.65. The van der Waals surface area contributed by atoms with Gasteiger partial charge < -0.3 is 14.4 Å². The summed E-state index contributed by atoms with van der Waals surface area (Å²) in [5, 5.41) is 0.498. The number of carbonyl (C=O) groups excluding carboxylic acids is 3. The number of hydrogen-bond donors (Lipinski definition) is 0. The quantitative estimate of drug-likeness (QED) is 0.388. The highest BCUT2D eigenvalue weighted by Crippen LogP contribution is 2.36. The van der Waals surface area contributed by atoms with Crippen LogP contribution < -0.4 is 4.90 Å². The zero-order chi connectivity index (χ0) is 22.8. The van der Waals surface area contributed by atoms with Gasteiger partial charge in [0, 0.05) is 6.20 Å². The van der Waals surface area contributed by atoms with Gasteiger partial charge in [0.2, 0.25) is 0 Å². The van der Waals surface area contributed by atoms with Crippen LogP contribution in [-0.2, 0) is 14.3 Å². The van der Waals surface area contributed by atoms with Crippen LogP contribution in [0.15, 0.2) is 11.4 Å². The largest absolute Gasteiger partial charge is 0.462 e. The fourth-order valence-corrected chi connectivity index (χ4v) is 4.42. The molecule has 0 bridgehead atoms. The number of piperazine rings is 1. The molecule has 2 heterocycles. The van der Waals surface area contributed by atoms with E-state index < -0.39 is 17.7 Å². The molecule has 1 saturated carbocycles. The molecule has 1 aliphatic carbocycles. The first-order valence-corrected chi connectivity index (χ1v) is 11.8. The molecule has 2 atom stereocenters. The topological polar surface area (TPSA) is 102 Å². The van der Waals surface area contributed by atoms with E-state index in [0.717, 1.165) is 19.3 Å². The molecule has 2 fully saturated rings. The van der Waals surface area contributed by atoms with Gasteiger partial charge in [0.1, 0.15) is 17.0 Å². The second-order valence-electron chi connectivity index (χ2n) is 8.61. The van der Waals surface area contributed by atoms with Gasteiger partial charge in [0.05, 0.1) is 25.2 Å². The maximum absolute atomic E-state index is 13.1. The molecule has 0 spiro atoms. The number of carbonyl (C=O) groups is 3. The Balaban J connectivity index is 2.00. The van der Waals surface area contributed by atoms with Gasteiger partial charge in [-0.3, -0.25) is 4.79 Å². The van der Waals surface area contributed by atoms with Crippen molar-refractivity contribution in [2.45, 2.75) is 76.2 Å². The Morgan fingerprint density at radius 3 is 2.52 bits per heavy atom. The lowest BCUT2D eigenvalue weighted by atomic mass is 9.86. The molecule has 9 nitrogen and oxygen atoms in total. The SMILES string of the molecule is CCOC(=O)c1cnc(SC)nc1N1CC(=O)N(C(=O)OC(C)(C)C)[C@H]2CCCC[C@H]21. The number of thioether (sulfide) groups is 1. The number of ether oxygens (including phenoxy) is 2. The average Bonchev–Trinajstić information content (AvgIpc) is 2.71. The van der Waals surface area contributed by atoms with Crippen molar-refractivity contribution < 1.29 is 23.9 Å². The van der Waals surface area contributed by atoms with Gasteiger partial charge in [-0.25, -0.2) is 24.5 Å². The number of fused-ring (bicyclic) bond motifs is 1. The van der Waals surface area contributed by atoms with Gasteiger partial charge in [-0.15, -0.1) is 0 Å². The molecule has 0 unspecified atom stereocenters. The van der Waals surface area contributed by atoms with E-state index in [9.17, 15) is 14.4 Å². The maximum atomic E-state index is 13.1. The second kappa shape index (κ2) is 9.42. The number of rotatable bonds is 4. The maximum Gasteiger partial charge on any atom is 0.417 e. The van der Waals surface area contributed by atoms with E-state index in [0.29, 0.717) is 17.4 Å². The second-order valence-corrected chi connectivity index (χ2v) is 9.38. The van der Waals surface area contributed by atoms with E-state index in [2.05, 4.69) is 9.97 Å². The van der Waals surface area contributed by atoms with Crippen LogP contribution in [0.5, 0.6) is 0 Å². The predicted molar refractivity (Wildman–Crippen MR) is 116 cm³/mol. The molecule has 0 radical (unpaired) electrons. The molecule has 1 aromatic rings. The molecular weight excluding hydrogens is 420 g/mol. The van der Waals surface area contributed by atoms with Crippen molar-refractivity contribution in [3.8, 4) is 0 Å². The summed E-state index contributed by atoms with van der Waals surface area (Å²) in [4.78, 5) is 50.5. The first-order chi connectivity index (χ1) is 14.7. The van der Waals surface area contributed by atoms with Crippen LogP contribution >= 0.6 is 11.8 Å². The van der Waals surface area contributed by atoms with Crippen LogP contribution in [-0.4, -0.2) is 69.9 Å². The summed E-state index contributed by atoms with van der Waals surface area (Å²) >= 11 is 1.35. The molecule has 31 heavy (non-hydrogen) atoms. The smallest absolute Gasteiger partial charge is 0.417 e. The Kier molecular flexibility index (Phi) is 7.08. The van der Waals surface area contributed by atoms with E-state index in [1.807, 2.05) is 11.2 Å². The molecule has 2 aliphatic rings. The number of anilines is 1. The molecular formula is C21H30N4O5S. The molecule has 10 heteroatoms. The van der Waals surface area contributed by atoms with Gasteiger partial charge in [-0.05, 0) is 46.8 Å². The highest BCUT2D eigenvalue weighted by molar-refractivity contribution is 7.98. The fourth-order valence-electron chi connectivity index (χ4n) is 4.09. The molecule has 0 N–H and O–H groups in total. The van der Waals surface area contributed by atoms with Crippen LogP contribution in [0.3, 0.4) is 0 Å². The van der Waals surface area contributed by atoms with E-state index in [1.165, 1.54) is 22.9 Å². The Hall–Kier alpha value is -2.36. The molecule has 3 rings (SSSR count). The highest BCUT2D eigenvalue weighted by atomic mass is 32.2. The number of aromatic nitrogens is 2. The fraction of sp³-hybridized carbons (Fsp3) is 0.667. The minimum Gasteiger partial charge on any atom is -0.462 e. The average molecular weight is 451 g/mol. The normalized spacial score (nSPS) is 21.5. The molecule has 1 aliphatic heterocycles. The van der Waals surface area contributed by atoms with Crippen molar-refractivity contribution in [2.75, 3.05) is 24.3 Å². The molecule has 0 aromatic carbocycles. The summed E-state index contributed by atoms with van der Waals surface area (Å²) in [5.41, 5.74) is -0.474. The predicted octanol–water partition coefficient (Wildman–Crippen LogP) is 3.27. The highest BCUT2D eigenvalue weighted by Gasteiger charge is 2.47. The Bertz CT molecular complexity index is 857. The first-order valence-electron chi connectivity index (χ1n) is 10.6. The van der Waals surface area contributed by atoms with Crippen molar-refractivity contribution in [3.05, 3.63) is 11.8 Å². The Morgan fingerprint density at radius 1 is 1.23 bits per heavy atom. The standard InChI is InChI=1S/C21H30N4O5S/c1-6-29-18(27)13-11-22-19(31-5)23-17(13)24-12-16(26)25(20(28)30-21(2,3)4)15-10-8-7-9-14(15)24/h11,14-15H,6-10,12H2,1-5H3/t14-,15+/m1/s1. The van der Waals surface area contributed by atoms with Crippen molar-refractivity contribution >= 4 is 35.5 Å². The summed E-state index contributed by atoms with van der Waals surface area (Å²) in [5.74, 6) is -0.511. The lowest BCUT2D eigenvalue weighted by Gasteiger charge is -2.49. The van der Waals surface area contributed by atoms with Crippen LogP contribution in [0.25, 0.3) is 0 Å². The number of hydrogen-bond acceptors (Lipinski definition) is 9. The third-order valence-corrected chi connectivity index (χ3v) is 5.85. The molecule has 1 aromatic heterocycles. The summed E-state index contributed by atoms with van der Waals surface area (Å²) < 4.78 is 10.7. The third-order valence-electron chi connectivity index (χ3n) is 5.29. The van der Waals surface area contributed by atoms with Crippen LogP contribution in [0.2, 0.25) is 0 Å². The first kappa shape index (κ1) is 23.3. The monoisotopic (exact) mass is 450 g/mol.